The largest absolute Gasteiger partial charge is 0.388 e. The van der Waals surface area contributed by atoms with Gasteiger partial charge in [0, 0.05) is 31.4 Å². The lowest BCUT2D eigenvalue weighted by Gasteiger charge is -2.23. The molecule has 1 aromatic rings. The first-order chi connectivity index (χ1) is 9.91. The van der Waals surface area contributed by atoms with Gasteiger partial charge in [-0.1, -0.05) is 6.92 Å². The Labute approximate surface area is 124 Å². The van der Waals surface area contributed by atoms with Gasteiger partial charge in [-0.15, -0.1) is 0 Å². The first kappa shape index (κ1) is 15.7. The Morgan fingerprint density at radius 3 is 2.76 bits per heavy atom. The molecule has 1 heterocycles. The van der Waals surface area contributed by atoms with Crippen molar-refractivity contribution >= 4 is 21.4 Å². The summed E-state index contributed by atoms with van der Waals surface area (Å²) in [6, 6.07) is 3.99. The molecule has 1 saturated heterocycles. The van der Waals surface area contributed by atoms with E-state index in [1.54, 1.807) is 7.05 Å². The van der Waals surface area contributed by atoms with Crippen LogP contribution in [0.4, 0.5) is 11.4 Å². The Balaban J connectivity index is 2.55. The molecule has 116 valence electrons. The van der Waals surface area contributed by atoms with E-state index >= 15 is 0 Å². The average Bonchev–Trinajstić information content (AvgIpc) is 2.95. The molecule has 0 aliphatic carbocycles. The average molecular weight is 313 g/mol. The second kappa shape index (κ2) is 5.98. The van der Waals surface area contributed by atoms with Crippen LogP contribution in [-0.2, 0) is 10.0 Å². The van der Waals surface area contributed by atoms with E-state index in [1.807, 2.05) is 6.92 Å². The van der Waals surface area contributed by atoms with E-state index in [2.05, 4.69) is 5.32 Å². The van der Waals surface area contributed by atoms with Crippen LogP contribution >= 0.6 is 0 Å². The number of sulfonamides is 1. The van der Waals surface area contributed by atoms with Crippen molar-refractivity contribution in [2.24, 2.45) is 0 Å². The SMILES string of the molecule is CCC1CCCN1S(=O)(=O)c1cc(NC)ccc1[N+](=O)[O-]. The maximum Gasteiger partial charge on any atom is 0.289 e. The number of nitro groups is 1. The van der Waals surface area contributed by atoms with E-state index in [4.69, 9.17) is 0 Å². The van der Waals surface area contributed by atoms with Gasteiger partial charge in [0.1, 0.15) is 0 Å². The Bertz CT molecular complexity index is 645. The first-order valence-electron chi connectivity index (χ1n) is 6.89. The fourth-order valence-corrected chi connectivity index (χ4v) is 4.64. The highest BCUT2D eigenvalue weighted by Gasteiger charge is 2.38. The lowest BCUT2D eigenvalue weighted by molar-refractivity contribution is -0.387. The van der Waals surface area contributed by atoms with Crippen LogP contribution in [0.1, 0.15) is 26.2 Å². The van der Waals surface area contributed by atoms with Crippen LogP contribution in [0, 0.1) is 10.1 Å². The van der Waals surface area contributed by atoms with E-state index in [9.17, 15) is 18.5 Å². The number of anilines is 1. The van der Waals surface area contributed by atoms with E-state index < -0.39 is 14.9 Å². The minimum atomic E-state index is -3.86. The number of hydrogen-bond donors (Lipinski definition) is 1. The van der Waals surface area contributed by atoms with Crippen molar-refractivity contribution in [1.82, 2.24) is 4.31 Å². The van der Waals surface area contributed by atoms with Gasteiger partial charge in [-0.3, -0.25) is 10.1 Å². The fourth-order valence-electron chi connectivity index (χ4n) is 2.69. The monoisotopic (exact) mass is 313 g/mol. The van der Waals surface area contributed by atoms with Gasteiger partial charge < -0.3 is 5.32 Å². The molecule has 21 heavy (non-hydrogen) atoms. The summed E-state index contributed by atoms with van der Waals surface area (Å²) in [4.78, 5) is 10.3. The molecule has 0 spiro atoms. The van der Waals surface area contributed by atoms with E-state index in [-0.39, 0.29) is 16.6 Å². The summed E-state index contributed by atoms with van der Waals surface area (Å²) >= 11 is 0. The minimum absolute atomic E-state index is 0.0761. The van der Waals surface area contributed by atoms with Crippen LogP contribution in [0.3, 0.4) is 0 Å². The molecule has 2 rings (SSSR count). The second-order valence-electron chi connectivity index (χ2n) is 5.01. The van der Waals surface area contributed by atoms with Gasteiger partial charge >= 0.3 is 0 Å². The molecule has 0 aromatic heterocycles. The van der Waals surface area contributed by atoms with Crippen LogP contribution in [0.25, 0.3) is 0 Å². The molecular weight excluding hydrogens is 294 g/mol. The summed E-state index contributed by atoms with van der Waals surface area (Å²) in [5.74, 6) is 0. The van der Waals surface area contributed by atoms with Crippen LogP contribution in [-0.4, -0.2) is 37.3 Å². The summed E-state index contributed by atoms with van der Waals surface area (Å²) in [6.45, 7) is 2.35. The predicted octanol–water partition coefficient (Wildman–Crippen LogP) is 2.20. The number of nitrogens with one attached hydrogen (secondary N) is 1. The highest BCUT2D eigenvalue weighted by atomic mass is 32.2. The minimum Gasteiger partial charge on any atom is -0.388 e. The topological polar surface area (TPSA) is 92.6 Å². The summed E-state index contributed by atoms with van der Waals surface area (Å²) < 4.78 is 27.0. The van der Waals surface area contributed by atoms with Gasteiger partial charge in [0.25, 0.3) is 5.69 Å². The molecular formula is C13H19N3O4S. The molecule has 1 N–H and O–H groups in total. The van der Waals surface area contributed by atoms with E-state index in [0.29, 0.717) is 18.7 Å². The van der Waals surface area contributed by atoms with E-state index in [1.165, 1.54) is 22.5 Å². The standard InChI is InChI=1S/C13H19N3O4S/c1-3-11-5-4-8-15(11)21(19,20)13-9-10(14-2)6-7-12(13)16(17)18/h6-7,9,11,14H,3-5,8H2,1-2H3. The van der Waals surface area contributed by atoms with Gasteiger partial charge in [-0.2, -0.15) is 4.31 Å². The lowest BCUT2D eigenvalue weighted by atomic mass is 10.2. The second-order valence-corrected chi connectivity index (χ2v) is 6.87. The quantitative estimate of drug-likeness (QED) is 0.664. The van der Waals surface area contributed by atoms with Gasteiger partial charge in [-0.05, 0) is 31.4 Å². The Kier molecular flexibility index (Phi) is 4.48. The normalized spacial score (nSPS) is 19.6. The van der Waals surface area contributed by atoms with Crippen molar-refractivity contribution < 1.29 is 13.3 Å². The zero-order valence-corrected chi connectivity index (χ0v) is 12.9. The van der Waals surface area contributed by atoms with Crippen molar-refractivity contribution in [2.45, 2.75) is 37.1 Å². The highest BCUT2D eigenvalue weighted by Crippen LogP contribution is 2.33. The summed E-state index contributed by atoms with van der Waals surface area (Å²) in [5.41, 5.74) is 0.155. The van der Waals surface area contributed by atoms with Crippen molar-refractivity contribution in [3.63, 3.8) is 0 Å². The van der Waals surface area contributed by atoms with Gasteiger partial charge in [-0.25, -0.2) is 8.42 Å². The molecule has 7 nitrogen and oxygen atoms in total. The molecule has 0 bridgehead atoms. The zero-order chi connectivity index (χ0) is 15.6. The molecule has 8 heteroatoms. The molecule has 1 fully saturated rings. The maximum atomic E-state index is 12.8. The molecule has 0 radical (unpaired) electrons. The summed E-state index contributed by atoms with van der Waals surface area (Å²) in [7, 11) is -2.22. The third-order valence-electron chi connectivity index (χ3n) is 3.83. The van der Waals surface area contributed by atoms with E-state index in [0.717, 1.165) is 12.8 Å². The summed E-state index contributed by atoms with van der Waals surface area (Å²) in [5, 5.41) is 14.0. The molecule has 1 aromatic carbocycles. The van der Waals surface area contributed by atoms with Crippen LogP contribution in [0.2, 0.25) is 0 Å². The molecule has 1 unspecified atom stereocenters. The fraction of sp³-hybridized carbons (Fsp3) is 0.538. The Hall–Kier alpha value is -1.67. The number of hydrogen-bond acceptors (Lipinski definition) is 5. The van der Waals surface area contributed by atoms with Crippen LogP contribution in [0.15, 0.2) is 23.1 Å². The molecule has 1 atom stereocenters. The molecule has 1 aliphatic heterocycles. The number of nitro benzene ring substituents is 1. The van der Waals surface area contributed by atoms with Gasteiger partial charge in [0.05, 0.1) is 4.92 Å². The van der Waals surface area contributed by atoms with Crippen molar-refractivity contribution in [3.05, 3.63) is 28.3 Å². The molecule has 0 saturated carbocycles. The number of rotatable bonds is 5. The van der Waals surface area contributed by atoms with Gasteiger partial charge in [0.2, 0.25) is 10.0 Å². The first-order valence-corrected chi connectivity index (χ1v) is 8.33. The van der Waals surface area contributed by atoms with Crippen molar-refractivity contribution in [2.75, 3.05) is 18.9 Å². The Morgan fingerprint density at radius 1 is 1.48 bits per heavy atom. The van der Waals surface area contributed by atoms with Crippen LogP contribution < -0.4 is 5.32 Å². The maximum absolute atomic E-state index is 12.8. The molecule has 1 aliphatic rings. The number of nitrogens with zero attached hydrogens (tertiary/aromatic N) is 2. The molecule has 0 amide bonds. The highest BCUT2D eigenvalue weighted by molar-refractivity contribution is 7.89. The summed E-state index contributed by atoms with van der Waals surface area (Å²) in [6.07, 6.45) is 2.30. The smallest absolute Gasteiger partial charge is 0.289 e. The zero-order valence-electron chi connectivity index (χ0n) is 12.1. The third-order valence-corrected chi connectivity index (χ3v) is 5.81. The van der Waals surface area contributed by atoms with Crippen LogP contribution in [0.5, 0.6) is 0 Å². The third kappa shape index (κ3) is 2.86. The van der Waals surface area contributed by atoms with Crippen molar-refractivity contribution in [1.29, 1.82) is 0 Å². The lowest BCUT2D eigenvalue weighted by Crippen LogP contribution is -2.35. The van der Waals surface area contributed by atoms with Gasteiger partial charge in [0.15, 0.2) is 4.90 Å². The predicted molar refractivity (Wildman–Crippen MR) is 79.8 cm³/mol. The number of benzene rings is 1. The van der Waals surface area contributed by atoms with Crippen molar-refractivity contribution in [3.8, 4) is 0 Å². The Morgan fingerprint density at radius 2 is 2.19 bits per heavy atom.